The van der Waals surface area contributed by atoms with Crippen molar-refractivity contribution in [3.05, 3.63) is 100 Å². The number of halogens is 2. The minimum atomic E-state index is -0.441. The number of benzene rings is 2. The Morgan fingerprint density at radius 2 is 1.94 bits per heavy atom. The van der Waals surface area contributed by atoms with Gasteiger partial charge in [0.05, 0.1) is 6.04 Å². The van der Waals surface area contributed by atoms with Gasteiger partial charge in [-0.3, -0.25) is 9.59 Å². The summed E-state index contributed by atoms with van der Waals surface area (Å²) in [5.74, 6) is -1.07. The third-order valence-electron chi connectivity index (χ3n) is 5.67. The minimum Gasteiger partial charge on any atom is -0.491 e. The Bertz CT molecular complexity index is 1180. The molecule has 1 unspecified atom stereocenters. The monoisotopic (exact) mass is 482 g/mol. The number of thiophene rings is 1. The van der Waals surface area contributed by atoms with E-state index >= 15 is 0 Å². The van der Waals surface area contributed by atoms with Crippen LogP contribution in [0.1, 0.15) is 26.8 Å². The van der Waals surface area contributed by atoms with E-state index in [1.165, 1.54) is 46.2 Å². The van der Waals surface area contributed by atoms with Gasteiger partial charge in [0.1, 0.15) is 30.5 Å². The van der Waals surface area contributed by atoms with Crippen LogP contribution in [0.4, 0.5) is 8.78 Å². The van der Waals surface area contributed by atoms with Crippen molar-refractivity contribution in [2.45, 2.75) is 12.5 Å². The zero-order valence-corrected chi connectivity index (χ0v) is 19.3. The van der Waals surface area contributed by atoms with Crippen LogP contribution in [0.5, 0.6) is 5.75 Å². The van der Waals surface area contributed by atoms with Gasteiger partial charge in [-0.25, -0.2) is 8.78 Å². The number of amides is 2. The molecular formula is C26H24F2N2O3S. The molecule has 8 heteroatoms. The van der Waals surface area contributed by atoms with E-state index in [2.05, 4.69) is 6.58 Å². The number of ether oxygens (including phenoxy) is 1. The van der Waals surface area contributed by atoms with Gasteiger partial charge in [0, 0.05) is 29.6 Å². The molecule has 1 aliphatic heterocycles. The van der Waals surface area contributed by atoms with Crippen molar-refractivity contribution in [2.75, 3.05) is 26.2 Å². The Balaban J connectivity index is 1.52. The highest BCUT2D eigenvalue weighted by molar-refractivity contribution is 7.10. The minimum absolute atomic E-state index is 0.155. The maximum absolute atomic E-state index is 13.6. The smallest absolute Gasteiger partial charge is 0.254 e. The maximum atomic E-state index is 13.6. The molecule has 3 aromatic rings. The third kappa shape index (κ3) is 5.34. The van der Waals surface area contributed by atoms with E-state index in [-0.39, 0.29) is 37.6 Å². The SMILES string of the molecule is C=CCN(CC(=O)N1CCc2sccc2C1COc1cccc(F)c1)C(=O)c1ccc(F)cc1. The molecule has 4 rings (SSSR count). The van der Waals surface area contributed by atoms with E-state index in [1.54, 1.807) is 34.4 Å². The first-order chi connectivity index (χ1) is 16.5. The fraction of sp³-hybridized carbons (Fsp3) is 0.231. The lowest BCUT2D eigenvalue weighted by atomic mass is 10.0. The van der Waals surface area contributed by atoms with Gasteiger partial charge in [0.15, 0.2) is 0 Å². The number of fused-ring (bicyclic) bond motifs is 1. The first-order valence-corrected chi connectivity index (χ1v) is 11.7. The van der Waals surface area contributed by atoms with Gasteiger partial charge >= 0.3 is 0 Å². The Hall–Kier alpha value is -3.52. The number of nitrogens with zero attached hydrogens (tertiary/aromatic N) is 2. The van der Waals surface area contributed by atoms with Gasteiger partial charge in [0.25, 0.3) is 5.91 Å². The normalized spacial score (nSPS) is 14.9. The van der Waals surface area contributed by atoms with Crippen molar-refractivity contribution in [3.8, 4) is 5.75 Å². The molecule has 2 aromatic carbocycles. The Kier molecular flexibility index (Phi) is 7.37. The largest absolute Gasteiger partial charge is 0.491 e. The third-order valence-corrected chi connectivity index (χ3v) is 6.67. The summed E-state index contributed by atoms with van der Waals surface area (Å²) in [6.07, 6.45) is 2.26. The Labute approximate surface area is 200 Å². The van der Waals surface area contributed by atoms with Crippen LogP contribution in [-0.4, -0.2) is 47.9 Å². The predicted octanol–water partition coefficient (Wildman–Crippen LogP) is 4.86. The number of rotatable bonds is 8. The Morgan fingerprint density at radius 3 is 2.68 bits per heavy atom. The van der Waals surface area contributed by atoms with Crippen LogP contribution in [0.25, 0.3) is 0 Å². The van der Waals surface area contributed by atoms with Crippen LogP contribution >= 0.6 is 11.3 Å². The molecule has 1 atom stereocenters. The first-order valence-electron chi connectivity index (χ1n) is 10.9. The summed E-state index contributed by atoms with van der Waals surface area (Å²) in [4.78, 5) is 30.7. The quantitative estimate of drug-likeness (QED) is 0.431. The van der Waals surface area contributed by atoms with Gasteiger partial charge in [-0.15, -0.1) is 17.9 Å². The molecule has 2 amide bonds. The zero-order valence-electron chi connectivity index (χ0n) is 18.5. The van der Waals surface area contributed by atoms with Crippen molar-refractivity contribution < 1.29 is 23.1 Å². The molecule has 0 saturated carbocycles. The van der Waals surface area contributed by atoms with E-state index in [9.17, 15) is 18.4 Å². The average Bonchev–Trinajstić information content (AvgIpc) is 3.31. The highest BCUT2D eigenvalue weighted by atomic mass is 32.1. The van der Waals surface area contributed by atoms with Crippen molar-refractivity contribution >= 4 is 23.2 Å². The topological polar surface area (TPSA) is 49.9 Å². The molecular weight excluding hydrogens is 458 g/mol. The molecule has 0 spiro atoms. The molecule has 0 radical (unpaired) electrons. The van der Waals surface area contributed by atoms with Crippen molar-refractivity contribution in [2.24, 2.45) is 0 Å². The van der Waals surface area contributed by atoms with Crippen molar-refractivity contribution in [1.29, 1.82) is 0 Å². The molecule has 0 aliphatic carbocycles. The van der Waals surface area contributed by atoms with Crippen LogP contribution in [0, 0.1) is 11.6 Å². The van der Waals surface area contributed by atoms with Crippen LogP contribution in [0.15, 0.2) is 72.6 Å². The van der Waals surface area contributed by atoms with Crippen LogP contribution in [-0.2, 0) is 11.2 Å². The predicted molar refractivity (Wildman–Crippen MR) is 127 cm³/mol. The molecule has 0 saturated heterocycles. The number of carbonyl (C=O) groups is 2. The molecule has 5 nitrogen and oxygen atoms in total. The summed E-state index contributed by atoms with van der Waals surface area (Å²) in [5, 5.41) is 1.98. The second kappa shape index (κ2) is 10.6. The summed E-state index contributed by atoms with van der Waals surface area (Å²) in [6.45, 7) is 4.35. The second-order valence-corrected chi connectivity index (χ2v) is 8.90. The summed E-state index contributed by atoms with van der Waals surface area (Å²) >= 11 is 1.63. The first kappa shape index (κ1) is 23.6. The molecule has 0 bridgehead atoms. The van der Waals surface area contributed by atoms with Gasteiger partial charge < -0.3 is 14.5 Å². The lowest BCUT2D eigenvalue weighted by Gasteiger charge is -2.37. The molecule has 2 heterocycles. The summed E-state index contributed by atoms with van der Waals surface area (Å²) in [6, 6.07) is 12.7. The summed E-state index contributed by atoms with van der Waals surface area (Å²) < 4.78 is 32.7. The number of hydrogen-bond donors (Lipinski definition) is 0. The average molecular weight is 483 g/mol. The standard InChI is InChI=1S/C26H24F2N2O3S/c1-2-12-29(26(32)18-6-8-19(27)9-7-18)16-25(31)30-13-10-24-22(11-14-34-24)23(30)17-33-21-5-3-4-20(28)15-21/h2-9,11,14-15,23H,1,10,12-13,16-17H2. The highest BCUT2D eigenvalue weighted by Gasteiger charge is 2.33. The highest BCUT2D eigenvalue weighted by Crippen LogP contribution is 2.34. The molecule has 176 valence electrons. The summed E-state index contributed by atoms with van der Waals surface area (Å²) in [5.41, 5.74) is 1.29. The van der Waals surface area contributed by atoms with E-state index in [1.807, 2.05) is 11.4 Å². The Morgan fingerprint density at radius 1 is 1.15 bits per heavy atom. The van der Waals surface area contributed by atoms with E-state index < -0.39 is 11.6 Å². The fourth-order valence-electron chi connectivity index (χ4n) is 4.01. The van der Waals surface area contributed by atoms with Crippen molar-refractivity contribution in [3.63, 3.8) is 0 Å². The summed E-state index contributed by atoms with van der Waals surface area (Å²) in [7, 11) is 0. The van der Waals surface area contributed by atoms with Gasteiger partial charge in [-0.2, -0.15) is 0 Å². The van der Waals surface area contributed by atoms with Crippen LogP contribution in [0.2, 0.25) is 0 Å². The van der Waals surface area contributed by atoms with E-state index in [0.29, 0.717) is 24.3 Å². The second-order valence-electron chi connectivity index (χ2n) is 7.90. The van der Waals surface area contributed by atoms with Crippen LogP contribution < -0.4 is 4.74 Å². The molecule has 0 fully saturated rings. The zero-order chi connectivity index (χ0) is 24.1. The number of carbonyl (C=O) groups excluding carboxylic acids is 2. The lowest BCUT2D eigenvalue weighted by Crippen LogP contribution is -2.47. The lowest BCUT2D eigenvalue weighted by molar-refractivity contribution is -0.135. The molecule has 0 N–H and O–H groups in total. The maximum Gasteiger partial charge on any atom is 0.254 e. The molecule has 1 aliphatic rings. The van der Waals surface area contributed by atoms with Crippen molar-refractivity contribution in [1.82, 2.24) is 9.80 Å². The van der Waals surface area contributed by atoms with Crippen LogP contribution in [0.3, 0.4) is 0 Å². The molecule has 34 heavy (non-hydrogen) atoms. The fourth-order valence-corrected chi connectivity index (χ4v) is 4.94. The van der Waals surface area contributed by atoms with Gasteiger partial charge in [-0.05, 0) is 59.8 Å². The van der Waals surface area contributed by atoms with Gasteiger partial charge in [-0.1, -0.05) is 12.1 Å². The van der Waals surface area contributed by atoms with Gasteiger partial charge in [0.2, 0.25) is 5.91 Å². The van der Waals surface area contributed by atoms with E-state index in [0.717, 1.165) is 5.56 Å². The molecule has 1 aromatic heterocycles. The number of hydrogen-bond acceptors (Lipinski definition) is 4. The van der Waals surface area contributed by atoms with E-state index in [4.69, 9.17) is 4.74 Å².